The van der Waals surface area contributed by atoms with Crippen molar-refractivity contribution in [1.82, 2.24) is 9.88 Å². The number of carbonyl (C=O) groups excluding carboxylic acids is 2. The van der Waals surface area contributed by atoms with Gasteiger partial charge in [-0.15, -0.1) is 0 Å². The molecule has 2 N–H and O–H groups in total. The van der Waals surface area contributed by atoms with Crippen molar-refractivity contribution in [2.75, 3.05) is 12.4 Å². The number of nitrogens with zero attached hydrogens (tertiary/aromatic N) is 2. The van der Waals surface area contributed by atoms with Gasteiger partial charge in [0.2, 0.25) is 0 Å². The Labute approximate surface area is 197 Å². The van der Waals surface area contributed by atoms with E-state index in [1.807, 2.05) is 48.9 Å². The molecule has 4 rings (SSSR count). The van der Waals surface area contributed by atoms with E-state index in [0.29, 0.717) is 22.5 Å². The molecule has 0 fully saturated rings. The van der Waals surface area contributed by atoms with Crippen LogP contribution in [-0.4, -0.2) is 23.6 Å². The van der Waals surface area contributed by atoms with Gasteiger partial charge in [0.05, 0.1) is 41.6 Å². The third-order valence-corrected chi connectivity index (χ3v) is 5.76. The van der Waals surface area contributed by atoms with Gasteiger partial charge in [0, 0.05) is 18.1 Å². The molecule has 4 aromatic rings. The SMILES string of the molecule is COC(=O)c1ccc(C(C)NC(=O)c2c(Nc3cccc(C#N)c3)c3ccccc3n2C)cc1. The number of hydrogen-bond donors (Lipinski definition) is 2. The Morgan fingerprint density at radius 2 is 1.76 bits per heavy atom. The van der Waals surface area contributed by atoms with Gasteiger partial charge in [-0.2, -0.15) is 5.26 Å². The summed E-state index contributed by atoms with van der Waals surface area (Å²) in [7, 11) is 3.19. The number of carbonyl (C=O) groups is 2. The van der Waals surface area contributed by atoms with E-state index in [0.717, 1.165) is 22.2 Å². The number of ether oxygens (including phenoxy) is 1. The van der Waals surface area contributed by atoms with Gasteiger partial charge < -0.3 is 19.9 Å². The number of para-hydroxylation sites is 1. The maximum absolute atomic E-state index is 13.5. The zero-order valence-corrected chi connectivity index (χ0v) is 19.1. The van der Waals surface area contributed by atoms with E-state index in [4.69, 9.17) is 4.74 Å². The van der Waals surface area contributed by atoms with E-state index in [9.17, 15) is 14.9 Å². The molecule has 1 aromatic heterocycles. The number of anilines is 2. The summed E-state index contributed by atoms with van der Waals surface area (Å²) in [5.74, 6) is -0.655. The Bertz CT molecular complexity index is 1410. The number of fused-ring (bicyclic) bond motifs is 1. The third-order valence-electron chi connectivity index (χ3n) is 5.76. The predicted octanol–water partition coefficient (Wildman–Crippen LogP) is 5.07. The second-order valence-corrected chi connectivity index (χ2v) is 7.93. The molecule has 7 nitrogen and oxygen atoms in total. The molecule has 0 saturated carbocycles. The number of nitriles is 1. The topological polar surface area (TPSA) is 96.2 Å². The molecule has 170 valence electrons. The van der Waals surface area contributed by atoms with E-state index in [1.165, 1.54) is 7.11 Å². The van der Waals surface area contributed by atoms with Gasteiger partial charge in [0.25, 0.3) is 5.91 Å². The van der Waals surface area contributed by atoms with Crippen LogP contribution in [0.15, 0.2) is 72.8 Å². The van der Waals surface area contributed by atoms with E-state index in [1.54, 1.807) is 42.5 Å². The highest BCUT2D eigenvalue weighted by Crippen LogP contribution is 2.33. The van der Waals surface area contributed by atoms with Crippen LogP contribution in [0.2, 0.25) is 0 Å². The number of hydrogen-bond acceptors (Lipinski definition) is 5. The Morgan fingerprint density at radius 3 is 2.47 bits per heavy atom. The fourth-order valence-electron chi connectivity index (χ4n) is 3.97. The van der Waals surface area contributed by atoms with Crippen LogP contribution in [-0.2, 0) is 11.8 Å². The lowest BCUT2D eigenvalue weighted by molar-refractivity contribution is 0.0600. The highest BCUT2D eigenvalue weighted by molar-refractivity contribution is 6.09. The molecule has 0 radical (unpaired) electrons. The minimum Gasteiger partial charge on any atom is -0.465 e. The van der Waals surface area contributed by atoms with Crippen LogP contribution in [0, 0.1) is 11.3 Å². The van der Waals surface area contributed by atoms with Crippen LogP contribution < -0.4 is 10.6 Å². The first-order valence-corrected chi connectivity index (χ1v) is 10.8. The van der Waals surface area contributed by atoms with Crippen LogP contribution in [0.3, 0.4) is 0 Å². The predicted molar refractivity (Wildman–Crippen MR) is 131 cm³/mol. The molecular weight excluding hydrogens is 428 g/mol. The Morgan fingerprint density at radius 1 is 1.03 bits per heavy atom. The largest absolute Gasteiger partial charge is 0.465 e. The second kappa shape index (κ2) is 9.51. The average molecular weight is 453 g/mol. The first-order chi connectivity index (χ1) is 16.4. The molecule has 34 heavy (non-hydrogen) atoms. The number of aryl methyl sites for hydroxylation is 1. The van der Waals surface area contributed by atoms with Gasteiger partial charge in [0.15, 0.2) is 0 Å². The van der Waals surface area contributed by atoms with Crippen molar-refractivity contribution in [3.8, 4) is 6.07 Å². The van der Waals surface area contributed by atoms with Gasteiger partial charge in [0.1, 0.15) is 5.69 Å². The fourth-order valence-corrected chi connectivity index (χ4v) is 3.97. The summed E-state index contributed by atoms with van der Waals surface area (Å²) in [6, 6.07) is 23.7. The first kappa shape index (κ1) is 22.6. The molecule has 0 saturated heterocycles. The lowest BCUT2D eigenvalue weighted by atomic mass is 10.1. The summed E-state index contributed by atoms with van der Waals surface area (Å²) in [5, 5.41) is 16.5. The molecule has 7 heteroatoms. The quantitative estimate of drug-likeness (QED) is 0.398. The van der Waals surface area contributed by atoms with E-state index in [-0.39, 0.29) is 11.9 Å². The number of nitrogens with one attached hydrogen (secondary N) is 2. The van der Waals surface area contributed by atoms with Gasteiger partial charge in [-0.1, -0.05) is 36.4 Å². The van der Waals surface area contributed by atoms with Crippen LogP contribution in [0.5, 0.6) is 0 Å². The zero-order chi connectivity index (χ0) is 24.2. The van der Waals surface area contributed by atoms with Crippen molar-refractivity contribution in [2.24, 2.45) is 7.05 Å². The smallest absolute Gasteiger partial charge is 0.337 e. The van der Waals surface area contributed by atoms with Crippen molar-refractivity contribution >= 4 is 34.2 Å². The van der Waals surface area contributed by atoms with E-state index < -0.39 is 5.97 Å². The molecule has 1 unspecified atom stereocenters. The third kappa shape index (κ3) is 4.34. The summed E-state index contributed by atoms with van der Waals surface area (Å²) in [6.45, 7) is 1.89. The monoisotopic (exact) mass is 452 g/mol. The Kier molecular flexibility index (Phi) is 6.33. The van der Waals surface area contributed by atoms with Crippen LogP contribution in [0.4, 0.5) is 11.4 Å². The van der Waals surface area contributed by atoms with Crippen molar-refractivity contribution in [3.05, 3.63) is 95.2 Å². The van der Waals surface area contributed by atoms with Gasteiger partial charge in [-0.3, -0.25) is 4.79 Å². The van der Waals surface area contributed by atoms with Crippen molar-refractivity contribution in [3.63, 3.8) is 0 Å². The highest BCUT2D eigenvalue weighted by Gasteiger charge is 2.23. The van der Waals surface area contributed by atoms with Crippen molar-refractivity contribution in [2.45, 2.75) is 13.0 Å². The molecule has 0 spiro atoms. The molecule has 3 aromatic carbocycles. The summed E-state index contributed by atoms with van der Waals surface area (Å²) in [5.41, 5.74) is 4.60. The second-order valence-electron chi connectivity index (χ2n) is 7.93. The van der Waals surface area contributed by atoms with Crippen molar-refractivity contribution < 1.29 is 14.3 Å². The Balaban J connectivity index is 1.67. The molecule has 0 aliphatic rings. The van der Waals surface area contributed by atoms with Crippen molar-refractivity contribution in [1.29, 1.82) is 5.26 Å². The molecule has 0 bridgehead atoms. The number of methoxy groups -OCH3 is 1. The maximum atomic E-state index is 13.5. The lowest BCUT2D eigenvalue weighted by Crippen LogP contribution is -2.29. The molecule has 1 atom stereocenters. The first-order valence-electron chi connectivity index (χ1n) is 10.8. The number of aromatic nitrogens is 1. The number of esters is 1. The van der Waals surface area contributed by atoms with E-state index in [2.05, 4.69) is 16.7 Å². The maximum Gasteiger partial charge on any atom is 0.337 e. The molecule has 1 amide bonds. The minimum absolute atomic E-state index is 0.248. The van der Waals surface area contributed by atoms with Gasteiger partial charge >= 0.3 is 5.97 Å². The summed E-state index contributed by atoms with van der Waals surface area (Å²) >= 11 is 0. The minimum atomic E-state index is -0.407. The molecule has 0 aliphatic carbocycles. The summed E-state index contributed by atoms with van der Waals surface area (Å²) < 4.78 is 6.60. The summed E-state index contributed by atoms with van der Waals surface area (Å²) in [6.07, 6.45) is 0. The number of benzene rings is 3. The van der Waals surface area contributed by atoms with Crippen LogP contribution >= 0.6 is 0 Å². The molecular formula is C27H24N4O3. The van der Waals surface area contributed by atoms with Crippen LogP contribution in [0.25, 0.3) is 10.9 Å². The number of rotatable bonds is 6. The fraction of sp³-hybridized carbons (Fsp3) is 0.148. The number of amides is 1. The van der Waals surface area contributed by atoms with Crippen LogP contribution in [0.1, 0.15) is 44.9 Å². The van der Waals surface area contributed by atoms with Gasteiger partial charge in [-0.25, -0.2) is 4.79 Å². The molecule has 0 aliphatic heterocycles. The normalized spacial score (nSPS) is 11.5. The van der Waals surface area contributed by atoms with Gasteiger partial charge in [-0.05, 0) is 48.9 Å². The average Bonchev–Trinajstić information content (AvgIpc) is 3.15. The zero-order valence-electron chi connectivity index (χ0n) is 19.1. The Hall–Kier alpha value is -4.57. The molecule has 1 heterocycles. The van der Waals surface area contributed by atoms with E-state index >= 15 is 0 Å². The summed E-state index contributed by atoms with van der Waals surface area (Å²) in [4.78, 5) is 25.2. The highest BCUT2D eigenvalue weighted by atomic mass is 16.5. The lowest BCUT2D eigenvalue weighted by Gasteiger charge is -2.17. The standard InChI is InChI=1S/C27H24N4O3/c1-17(19-11-13-20(14-12-19)27(33)34-3)29-26(32)25-24(22-9-4-5-10-23(22)31(25)2)30-21-8-6-7-18(15-21)16-28/h4-15,17,30H,1-3H3,(H,29,32).